The Bertz CT molecular complexity index is 833. The number of nitrogens with zero attached hydrogens (tertiary/aromatic N) is 2. The first kappa shape index (κ1) is 17.8. The van der Waals surface area contributed by atoms with Crippen LogP contribution in [0, 0.1) is 0 Å². The van der Waals surface area contributed by atoms with Crippen LogP contribution >= 0.6 is 11.6 Å². The molecule has 3 heterocycles. The second-order valence-corrected chi connectivity index (χ2v) is 7.06. The lowest BCUT2D eigenvalue weighted by Gasteiger charge is -2.22. The molecule has 0 bridgehead atoms. The van der Waals surface area contributed by atoms with Gasteiger partial charge in [-0.2, -0.15) is 0 Å². The predicted octanol–water partition coefficient (Wildman–Crippen LogP) is 2.33. The van der Waals surface area contributed by atoms with Crippen LogP contribution in [0.4, 0.5) is 0 Å². The highest BCUT2D eigenvalue weighted by Gasteiger charge is 2.27. The molecule has 1 unspecified atom stereocenters. The first-order valence-corrected chi connectivity index (χ1v) is 9.35. The molecule has 1 atom stereocenters. The molecule has 6 nitrogen and oxygen atoms in total. The molecule has 2 N–H and O–H groups in total. The number of halogens is 1. The maximum atomic E-state index is 12.5. The molecule has 1 fully saturated rings. The zero-order valence-corrected chi connectivity index (χ0v) is 15.6. The highest BCUT2D eigenvalue weighted by Crippen LogP contribution is 2.31. The lowest BCUT2D eigenvalue weighted by molar-refractivity contribution is -0.122. The van der Waals surface area contributed by atoms with Crippen LogP contribution in [0.5, 0.6) is 0 Å². The second kappa shape index (κ2) is 7.98. The van der Waals surface area contributed by atoms with Gasteiger partial charge in [-0.15, -0.1) is 0 Å². The van der Waals surface area contributed by atoms with Crippen LogP contribution in [0.15, 0.2) is 48.8 Å². The highest BCUT2D eigenvalue weighted by atomic mass is 35.5. The van der Waals surface area contributed by atoms with Gasteiger partial charge in [0.05, 0.1) is 37.3 Å². The third-order valence-electron chi connectivity index (χ3n) is 4.72. The molecule has 1 saturated heterocycles. The van der Waals surface area contributed by atoms with Gasteiger partial charge >= 0.3 is 0 Å². The Labute approximate surface area is 163 Å². The Kier molecular flexibility index (Phi) is 5.27. The van der Waals surface area contributed by atoms with Gasteiger partial charge < -0.3 is 20.3 Å². The van der Waals surface area contributed by atoms with Crippen molar-refractivity contribution in [2.75, 3.05) is 26.4 Å². The van der Waals surface area contributed by atoms with Crippen LogP contribution in [0.25, 0.3) is 11.4 Å². The van der Waals surface area contributed by atoms with Crippen molar-refractivity contribution in [1.29, 1.82) is 0 Å². The number of ether oxygens (including phenoxy) is 1. The zero-order valence-electron chi connectivity index (χ0n) is 14.8. The fraction of sp³-hybridized carbons (Fsp3) is 0.300. The Hall–Kier alpha value is -2.57. The molecule has 0 saturated carbocycles. The monoisotopic (exact) mass is 384 g/mol. The van der Waals surface area contributed by atoms with Gasteiger partial charge in [0, 0.05) is 29.6 Å². The number of hydrogen-bond donors (Lipinski definition) is 2. The zero-order chi connectivity index (χ0) is 18.6. The first-order valence-electron chi connectivity index (χ1n) is 8.97. The van der Waals surface area contributed by atoms with Crippen LogP contribution in [0.2, 0.25) is 5.02 Å². The van der Waals surface area contributed by atoms with E-state index in [9.17, 15) is 4.79 Å². The topological polar surface area (TPSA) is 66.5 Å². The summed E-state index contributed by atoms with van der Waals surface area (Å²) in [6.07, 6.45) is 4.38. The van der Waals surface area contributed by atoms with Crippen LogP contribution in [0.1, 0.15) is 17.5 Å². The fourth-order valence-electron chi connectivity index (χ4n) is 3.42. The summed E-state index contributed by atoms with van der Waals surface area (Å²) in [6.45, 7) is 2.13. The second-order valence-electron chi connectivity index (χ2n) is 6.63. The van der Waals surface area contributed by atoms with E-state index in [0.29, 0.717) is 24.9 Å². The quantitative estimate of drug-likeness (QED) is 0.828. The van der Waals surface area contributed by atoms with Gasteiger partial charge in [0.1, 0.15) is 0 Å². The molecule has 1 aromatic heterocycles. The van der Waals surface area contributed by atoms with E-state index < -0.39 is 0 Å². The van der Waals surface area contributed by atoms with E-state index in [0.717, 1.165) is 28.9 Å². The number of aromatic nitrogens is 1. The van der Waals surface area contributed by atoms with Crippen LogP contribution in [-0.2, 0) is 9.53 Å². The lowest BCUT2D eigenvalue weighted by Crippen LogP contribution is -2.42. The van der Waals surface area contributed by atoms with E-state index in [4.69, 9.17) is 16.3 Å². The number of pyridine rings is 1. The number of carbonyl (C=O) groups is 1. The molecule has 140 valence electrons. The highest BCUT2D eigenvalue weighted by molar-refractivity contribution is 6.30. The summed E-state index contributed by atoms with van der Waals surface area (Å²) in [5, 5.41) is 7.17. The maximum absolute atomic E-state index is 12.5. The van der Waals surface area contributed by atoms with Gasteiger partial charge in [-0.25, -0.2) is 0 Å². The van der Waals surface area contributed by atoms with Gasteiger partial charge in [-0.1, -0.05) is 23.7 Å². The van der Waals surface area contributed by atoms with Crippen molar-refractivity contribution >= 4 is 28.9 Å². The van der Waals surface area contributed by atoms with E-state index in [-0.39, 0.29) is 18.5 Å². The predicted molar refractivity (Wildman–Crippen MR) is 105 cm³/mol. The molecule has 27 heavy (non-hydrogen) atoms. The van der Waals surface area contributed by atoms with Crippen LogP contribution in [-0.4, -0.2) is 48.3 Å². The minimum absolute atomic E-state index is 0.00351. The van der Waals surface area contributed by atoms with Gasteiger partial charge in [0.25, 0.3) is 0 Å². The number of nitrogens with one attached hydrogen (secondary N) is 2. The standard InChI is InChI=1S/C20H21ClN4O2/c21-16-3-1-14(2-4-16)19-20(15-5-8-22-9-6-15)25(13-23-19)11-18(26)24-17-7-10-27-12-17/h1-6,8-9,17,23H,7,10-13H2,(H,24,26). The largest absolute Gasteiger partial charge is 0.379 e. The van der Waals surface area contributed by atoms with Crippen LogP contribution in [0.3, 0.4) is 0 Å². The molecule has 2 aliphatic heterocycles. The van der Waals surface area contributed by atoms with Crippen molar-refractivity contribution < 1.29 is 9.53 Å². The van der Waals surface area contributed by atoms with Gasteiger partial charge in [-0.3, -0.25) is 9.78 Å². The molecule has 7 heteroatoms. The summed E-state index contributed by atoms with van der Waals surface area (Å²) < 4.78 is 5.34. The number of hydrogen-bond acceptors (Lipinski definition) is 5. The Balaban J connectivity index is 1.61. The van der Waals surface area contributed by atoms with E-state index in [1.165, 1.54) is 0 Å². The van der Waals surface area contributed by atoms with E-state index >= 15 is 0 Å². The van der Waals surface area contributed by atoms with E-state index in [1.807, 2.05) is 41.3 Å². The summed E-state index contributed by atoms with van der Waals surface area (Å²) in [7, 11) is 0. The Morgan fingerprint density at radius 3 is 2.70 bits per heavy atom. The molecular weight excluding hydrogens is 364 g/mol. The molecule has 4 rings (SSSR count). The molecule has 0 radical (unpaired) electrons. The smallest absolute Gasteiger partial charge is 0.239 e. The molecule has 1 aromatic carbocycles. The van der Waals surface area contributed by atoms with Gasteiger partial charge in [-0.05, 0) is 36.2 Å². The molecule has 2 aromatic rings. The van der Waals surface area contributed by atoms with E-state index in [1.54, 1.807) is 12.4 Å². The van der Waals surface area contributed by atoms with E-state index in [2.05, 4.69) is 15.6 Å². The molecule has 1 amide bonds. The molecular formula is C20H21ClN4O2. The fourth-order valence-corrected chi connectivity index (χ4v) is 3.54. The van der Waals surface area contributed by atoms with Crippen molar-refractivity contribution in [3.05, 3.63) is 64.9 Å². The maximum Gasteiger partial charge on any atom is 0.239 e. The minimum atomic E-state index is -0.00351. The molecule has 0 spiro atoms. The first-order chi connectivity index (χ1) is 13.2. The number of benzene rings is 1. The summed E-state index contributed by atoms with van der Waals surface area (Å²) >= 11 is 6.03. The number of carbonyl (C=O) groups excluding carboxylic acids is 1. The summed E-state index contributed by atoms with van der Waals surface area (Å²) in [5.74, 6) is -0.00351. The van der Waals surface area contributed by atoms with Gasteiger partial charge in [0.2, 0.25) is 5.91 Å². The minimum Gasteiger partial charge on any atom is -0.379 e. The van der Waals surface area contributed by atoms with Crippen molar-refractivity contribution in [2.45, 2.75) is 12.5 Å². The summed E-state index contributed by atoms with van der Waals surface area (Å²) in [6, 6.07) is 11.7. The van der Waals surface area contributed by atoms with Crippen LogP contribution < -0.4 is 10.6 Å². The third-order valence-corrected chi connectivity index (χ3v) is 4.97. The van der Waals surface area contributed by atoms with Crippen molar-refractivity contribution in [2.24, 2.45) is 0 Å². The Morgan fingerprint density at radius 2 is 2.00 bits per heavy atom. The summed E-state index contributed by atoms with van der Waals surface area (Å²) in [4.78, 5) is 18.7. The normalized spacial score (nSPS) is 19.3. The number of amides is 1. The van der Waals surface area contributed by atoms with Crippen molar-refractivity contribution in [3.63, 3.8) is 0 Å². The number of rotatable bonds is 5. The molecule has 2 aliphatic rings. The molecule has 0 aliphatic carbocycles. The lowest BCUT2D eigenvalue weighted by atomic mass is 10.1. The summed E-state index contributed by atoms with van der Waals surface area (Å²) in [5.41, 5.74) is 4.00. The average Bonchev–Trinajstić information content (AvgIpc) is 3.33. The van der Waals surface area contributed by atoms with Crippen molar-refractivity contribution in [1.82, 2.24) is 20.5 Å². The average molecular weight is 385 g/mol. The third kappa shape index (κ3) is 4.07. The SMILES string of the molecule is O=C(CN1CNC(c2ccc(Cl)cc2)=C1c1ccncc1)NC1CCOC1. The van der Waals surface area contributed by atoms with Crippen molar-refractivity contribution in [3.8, 4) is 0 Å². The van der Waals surface area contributed by atoms with Gasteiger partial charge in [0.15, 0.2) is 0 Å². The Morgan fingerprint density at radius 1 is 1.22 bits per heavy atom.